The fraction of sp³-hybridized carbons (Fsp3) is 0.500. The number of fused-ring (bicyclic) bond motifs is 1. The van der Waals surface area contributed by atoms with E-state index in [1.165, 1.54) is 12.4 Å². The zero-order chi connectivity index (χ0) is 22.0. The number of hydrogen-bond donors (Lipinski definition) is 0. The van der Waals surface area contributed by atoms with Crippen LogP contribution in [0, 0.1) is 5.92 Å². The normalized spacial score (nSPS) is 17.5. The number of halogens is 5. The quantitative estimate of drug-likeness (QED) is 0.541. The van der Waals surface area contributed by atoms with Gasteiger partial charge < -0.3 is 9.64 Å². The SMILES string of the molecule is FC(F)Cn1ncc2ncc(N3CCCC(COc4nccnc4C(F)(F)F)C3)nc21. The summed E-state index contributed by atoms with van der Waals surface area (Å²) in [5.74, 6) is -0.145. The first-order valence-electron chi connectivity index (χ1n) is 9.54. The van der Waals surface area contributed by atoms with E-state index in [1.54, 1.807) is 0 Å². The average molecular weight is 443 g/mol. The van der Waals surface area contributed by atoms with E-state index in [2.05, 4.69) is 25.0 Å². The lowest BCUT2D eigenvalue weighted by Gasteiger charge is -2.33. The van der Waals surface area contributed by atoms with Crippen molar-refractivity contribution in [1.29, 1.82) is 0 Å². The highest BCUT2D eigenvalue weighted by atomic mass is 19.4. The molecule has 0 spiro atoms. The van der Waals surface area contributed by atoms with E-state index in [9.17, 15) is 22.0 Å². The van der Waals surface area contributed by atoms with Gasteiger partial charge in [-0.15, -0.1) is 0 Å². The molecule has 0 aliphatic carbocycles. The van der Waals surface area contributed by atoms with Crippen molar-refractivity contribution >= 4 is 17.0 Å². The van der Waals surface area contributed by atoms with Crippen LogP contribution in [0.2, 0.25) is 0 Å². The van der Waals surface area contributed by atoms with E-state index in [4.69, 9.17) is 4.74 Å². The second-order valence-corrected chi connectivity index (χ2v) is 7.13. The highest BCUT2D eigenvalue weighted by Crippen LogP contribution is 2.33. The van der Waals surface area contributed by atoms with Crippen molar-refractivity contribution < 1.29 is 26.7 Å². The van der Waals surface area contributed by atoms with E-state index in [1.807, 2.05) is 4.90 Å². The third kappa shape index (κ3) is 4.80. The number of rotatable bonds is 6. The van der Waals surface area contributed by atoms with Crippen molar-refractivity contribution in [2.45, 2.75) is 32.0 Å². The monoisotopic (exact) mass is 443 g/mol. The smallest absolute Gasteiger partial charge is 0.438 e. The number of ether oxygens (including phenoxy) is 1. The van der Waals surface area contributed by atoms with E-state index in [0.717, 1.165) is 29.9 Å². The number of aromatic nitrogens is 6. The molecule has 1 saturated heterocycles. The predicted molar refractivity (Wildman–Crippen MR) is 98.8 cm³/mol. The maximum atomic E-state index is 13.1. The molecule has 0 aromatic carbocycles. The van der Waals surface area contributed by atoms with E-state index in [-0.39, 0.29) is 18.2 Å². The van der Waals surface area contributed by atoms with Gasteiger partial charge in [-0.1, -0.05) is 0 Å². The summed E-state index contributed by atoms with van der Waals surface area (Å²) in [4.78, 5) is 17.6. The summed E-state index contributed by atoms with van der Waals surface area (Å²) in [6.45, 7) is 0.554. The number of nitrogens with zero attached hydrogens (tertiary/aromatic N) is 7. The van der Waals surface area contributed by atoms with Crippen LogP contribution in [0.5, 0.6) is 5.88 Å². The Morgan fingerprint density at radius 3 is 2.71 bits per heavy atom. The van der Waals surface area contributed by atoms with Gasteiger partial charge in [0.25, 0.3) is 6.43 Å². The summed E-state index contributed by atoms with van der Waals surface area (Å²) in [6, 6.07) is 0. The summed E-state index contributed by atoms with van der Waals surface area (Å²) in [6.07, 6.45) is -0.711. The Labute approximate surface area is 173 Å². The van der Waals surface area contributed by atoms with Crippen molar-refractivity contribution in [3.05, 3.63) is 30.5 Å². The standard InChI is InChI=1S/C18H18F5N7O/c19-13(20)9-30-16-12(6-27-30)26-7-14(28-16)29-5-1-2-11(8-29)10-31-17-15(18(21,22)23)24-3-4-25-17/h3-4,6-7,11,13H,1-2,5,8-10H2. The molecule has 0 radical (unpaired) electrons. The topological polar surface area (TPSA) is 81.9 Å². The minimum Gasteiger partial charge on any atom is -0.476 e. The van der Waals surface area contributed by atoms with Crippen molar-refractivity contribution in [3.63, 3.8) is 0 Å². The fourth-order valence-corrected chi connectivity index (χ4v) is 3.49. The lowest BCUT2D eigenvalue weighted by Crippen LogP contribution is -2.38. The number of anilines is 1. The Balaban J connectivity index is 1.46. The lowest BCUT2D eigenvalue weighted by molar-refractivity contribution is -0.143. The third-order valence-corrected chi connectivity index (χ3v) is 4.88. The van der Waals surface area contributed by atoms with E-state index in [0.29, 0.717) is 24.4 Å². The Morgan fingerprint density at radius 2 is 1.94 bits per heavy atom. The summed E-state index contributed by atoms with van der Waals surface area (Å²) < 4.78 is 71.1. The molecule has 3 aromatic rings. The average Bonchev–Trinajstić information content (AvgIpc) is 3.13. The Hall–Kier alpha value is -3.12. The Kier molecular flexibility index (Phi) is 5.83. The number of piperidine rings is 1. The lowest BCUT2D eigenvalue weighted by atomic mass is 9.99. The zero-order valence-electron chi connectivity index (χ0n) is 16.1. The maximum Gasteiger partial charge on any atom is 0.438 e. The van der Waals surface area contributed by atoms with Gasteiger partial charge in [0.15, 0.2) is 5.65 Å². The molecule has 1 unspecified atom stereocenters. The van der Waals surface area contributed by atoms with Gasteiger partial charge in [-0.2, -0.15) is 18.3 Å². The molecule has 31 heavy (non-hydrogen) atoms. The van der Waals surface area contributed by atoms with Gasteiger partial charge in [-0.25, -0.2) is 33.4 Å². The van der Waals surface area contributed by atoms with Crippen LogP contribution in [0.1, 0.15) is 18.5 Å². The third-order valence-electron chi connectivity index (χ3n) is 4.88. The van der Waals surface area contributed by atoms with Gasteiger partial charge in [0.1, 0.15) is 17.9 Å². The first-order chi connectivity index (χ1) is 14.8. The van der Waals surface area contributed by atoms with Crippen molar-refractivity contribution in [3.8, 4) is 5.88 Å². The largest absolute Gasteiger partial charge is 0.476 e. The number of hydrogen-bond acceptors (Lipinski definition) is 7. The van der Waals surface area contributed by atoms with Crippen LogP contribution >= 0.6 is 0 Å². The molecule has 8 nitrogen and oxygen atoms in total. The molecule has 4 heterocycles. The molecular weight excluding hydrogens is 425 g/mol. The molecule has 1 aliphatic rings. The summed E-state index contributed by atoms with van der Waals surface area (Å²) in [5, 5.41) is 3.90. The molecular formula is C18H18F5N7O. The van der Waals surface area contributed by atoms with E-state index >= 15 is 0 Å². The molecule has 3 aromatic heterocycles. The van der Waals surface area contributed by atoms with Gasteiger partial charge in [0, 0.05) is 31.4 Å². The molecule has 1 aliphatic heterocycles. The summed E-state index contributed by atoms with van der Waals surface area (Å²) in [5.41, 5.74) is -0.500. The van der Waals surface area contributed by atoms with E-state index < -0.39 is 30.7 Å². The molecule has 0 amide bonds. The summed E-state index contributed by atoms with van der Waals surface area (Å²) >= 11 is 0. The van der Waals surface area contributed by atoms with Crippen LogP contribution in [0.15, 0.2) is 24.8 Å². The Bertz CT molecular complexity index is 1040. The first kappa shape index (κ1) is 21.1. The number of alkyl halides is 5. The first-order valence-corrected chi connectivity index (χ1v) is 9.54. The fourth-order valence-electron chi connectivity index (χ4n) is 3.49. The van der Waals surface area contributed by atoms with Crippen molar-refractivity contribution in [2.75, 3.05) is 24.6 Å². The molecule has 1 atom stereocenters. The van der Waals surface area contributed by atoms with Crippen LogP contribution in [0.3, 0.4) is 0 Å². The maximum absolute atomic E-state index is 13.1. The van der Waals surface area contributed by atoms with Gasteiger partial charge >= 0.3 is 6.18 Å². The van der Waals surface area contributed by atoms with Gasteiger partial charge in [0.2, 0.25) is 11.6 Å². The Morgan fingerprint density at radius 1 is 1.13 bits per heavy atom. The second-order valence-electron chi connectivity index (χ2n) is 7.13. The highest BCUT2D eigenvalue weighted by molar-refractivity contribution is 5.71. The van der Waals surface area contributed by atoms with Crippen LogP contribution in [0.25, 0.3) is 11.2 Å². The minimum atomic E-state index is -4.66. The van der Waals surface area contributed by atoms with Crippen LogP contribution < -0.4 is 9.64 Å². The van der Waals surface area contributed by atoms with Crippen LogP contribution in [0.4, 0.5) is 27.8 Å². The minimum absolute atomic E-state index is 0.0251. The van der Waals surface area contributed by atoms with Gasteiger partial charge in [-0.3, -0.25) is 0 Å². The molecule has 0 N–H and O–H groups in total. The van der Waals surface area contributed by atoms with Gasteiger partial charge in [-0.05, 0) is 12.8 Å². The van der Waals surface area contributed by atoms with Gasteiger partial charge in [0.05, 0.1) is 19.0 Å². The molecule has 0 saturated carbocycles. The van der Waals surface area contributed by atoms with Crippen LogP contribution in [-0.4, -0.2) is 55.8 Å². The van der Waals surface area contributed by atoms with Crippen LogP contribution in [-0.2, 0) is 12.7 Å². The molecule has 0 bridgehead atoms. The highest BCUT2D eigenvalue weighted by Gasteiger charge is 2.37. The molecule has 1 fully saturated rings. The zero-order valence-corrected chi connectivity index (χ0v) is 16.1. The molecule has 4 rings (SSSR count). The molecule has 166 valence electrons. The van der Waals surface area contributed by atoms with Crippen molar-refractivity contribution in [2.24, 2.45) is 5.92 Å². The summed E-state index contributed by atoms with van der Waals surface area (Å²) in [7, 11) is 0. The second kappa shape index (κ2) is 8.55. The molecule has 13 heteroatoms. The van der Waals surface area contributed by atoms with Crippen molar-refractivity contribution in [1.82, 2.24) is 29.7 Å². The predicted octanol–water partition coefficient (Wildman–Crippen LogP) is 3.20.